The summed E-state index contributed by atoms with van der Waals surface area (Å²) in [7, 11) is 0. The number of ketones is 1. The van der Waals surface area contributed by atoms with E-state index in [1.807, 2.05) is 80.8 Å². The number of benzene rings is 2. The number of hydrogen-bond donors (Lipinski definition) is 1. The number of nitrogens with one attached hydrogen (secondary N) is 1. The van der Waals surface area contributed by atoms with Crippen LogP contribution in [0.2, 0.25) is 0 Å². The number of aryl methyl sites for hydroxylation is 2. The summed E-state index contributed by atoms with van der Waals surface area (Å²) in [4.78, 5) is 40.7. The standard InChI is InChI=1S/C28H29N3O5/c1-5-28(21-9-6-17(2)7-10-21)26(33)31(27(34)29-28)15-23(32)22-12-18(3)30(19(22)4)14-20-8-11-24-25(13-20)36-16-35-24/h6-13H,5,14-16H2,1-4H3,(H,29,34)/t28-/m1/s1. The van der Waals surface area contributed by atoms with E-state index in [1.54, 1.807) is 0 Å². The number of Topliss-reactive ketones (excluding diaryl/α,β-unsaturated/α-hetero) is 1. The summed E-state index contributed by atoms with van der Waals surface area (Å²) in [6.07, 6.45) is 0.384. The molecule has 8 nitrogen and oxygen atoms in total. The Morgan fingerprint density at radius 2 is 1.72 bits per heavy atom. The van der Waals surface area contributed by atoms with Gasteiger partial charge in [-0.2, -0.15) is 0 Å². The van der Waals surface area contributed by atoms with E-state index in [-0.39, 0.29) is 19.1 Å². The minimum Gasteiger partial charge on any atom is -0.454 e. The summed E-state index contributed by atoms with van der Waals surface area (Å²) in [5, 5.41) is 2.85. The van der Waals surface area contributed by atoms with Crippen molar-refractivity contribution in [2.75, 3.05) is 13.3 Å². The molecule has 0 unspecified atom stereocenters. The van der Waals surface area contributed by atoms with Gasteiger partial charge in [0.1, 0.15) is 5.54 Å². The molecule has 0 aliphatic carbocycles. The van der Waals surface area contributed by atoms with E-state index in [0.717, 1.165) is 33.2 Å². The lowest BCUT2D eigenvalue weighted by Gasteiger charge is -2.25. The number of ether oxygens (including phenoxy) is 2. The van der Waals surface area contributed by atoms with Crippen molar-refractivity contribution in [1.82, 2.24) is 14.8 Å². The van der Waals surface area contributed by atoms with Gasteiger partial charge < -0.3 is 19.4 Å². The minimum atomic E-state index is -1.17. The molecule has 1 atom stereocenters. The third kappa shape index (κ3) is 3.82. The lowest BCUT2D eigenvalue weighted by molar-refractivity contribution is -0.131. The van der Waals surface area contributed by atoms with Gasteiger partial charge in [0.2, 0.25) is 6.79 Å². The second-order valence-corrected chi connectivity index (χ2v) is 9.43. The first-order valence-electron chi connectivity index (χ1n) is 12.0. The number of amides is 3. The Balaban J connectivity index is 1.37. The number of carbonyl (C=O) groups excluding carboxylic acids is 3. The summed E-state index contributed by atoms with van der Waals surface area (Å²) in [5.41, 5.74) is 3.81. The van der Waals surface area contributed by atoms with Crippen molar-refractivity contribution >= 4 is 17.7 Å². The minimum absolute atomic E-state index is 0.213. The molecule has 1 aromatic heterocycles. The number of aromatic nitrogens is 1. The first-order valence-corrected chi connectivity index (χ1v) is 12.0. The van der Waals surface area contributed by atoms with Crippen molar-refractivity contribution in [1.29, 1.82) is 0 Å². The van der Waals surface area contributed by atoms with Gasteiger partial charge in [0, 0.05) is 23.5 Å². The van der Waals surface area contributed by atoms with Gasteiger partial charge >= 0.3 is 6.03 Å². The largest absolute Gasteiger partial charge is 0.454 e. The Morgan fingerprint density at radius 3 is 2.44 bits per heavy atom. The summed E-state index contributed by atoms with van der Waals surface area (Å²) in [6, 6.07) is 14.6. The molecule has 5 rings (SSSR count). The van der Waals surface area contributed by atoms with Crippen LogP contribution in [0.1, 0.15) is 51.8 Å². The second-order valence-electron chi connectivity index (χ2n) is 9.43. The highest BCUT2D eigenvalue weighted by atomic mass is 16.7. The van der Waals surface area contributed by atoms with Crippen LogP contribution in [0.4, 0.5) is 4.79 Å². The molecule has 0 radical (unpaired) electrons. The van der Waals surface area contributed by atoms with Crippen molar-refractivity contribution < 1.29 is 23.9 Å². The monoisotopic (exact) mass is 487 g/mol. The van der Waals surface area contributed by atoms with Crippen LogP contribution in [0.25, 0.3) is 0 Å². The summed E-state index contributed by atoms with van der Waals surface area (Å²) in [6.45, 7) is 8.08. The first kappa shape index (κ1) is 23.7. The number of fused-ring (bicyclic) bond motifs is 1. The van der Waals surface area contributed by atoms with Gasteiger partial charge in [0.05, 0.1) is 6.54 Å². The van der Waals surface area contributed by atoms with E-state index >= 15 is 0 Å². The van der Waals surface area contributed by atoms with Crippen molar-refractivity contribution in [2.45, 2.75) is 46.2 Å². The maximum atomic E-state index is 13.5. The Morgan fingerprint density at radius 1 is 1.00 bits per heavy atom. The summed E-state index contributed by atoms with van der Waals surface area (Å²) in [5.74, 6) is 0.747. The number of hydrogen-bond acceptors (Lipinski definition) is 5. The van der Waals surface area contributed by atoms with E-state index in [2.05, 4.69) is 5.32 Å². The number of nitrogens with zero attached hydrogens (tertiary/aromatic N) is 2. The van der Waals surface area contributed by atoms with E-state index in [1.165, 1.54) is 0 Å². The molecule has 1 fully saturated rings. The third-order valence-corrected chi connectivity index (χ3v) is 7.20. The maximum Gasteiger partial charge on any atom is 0.325 e. The molecule has 1 saturated heterocycles. The molecule has 3 amide bonds. The van der Waals surface area contributed by atoms with Crippen LogP contribution >= 0.6 is 0 Å². The van der Waals surface area contributed by atoms with Crippen LogP contribution in [0.15, 0.2) is 48.5 Å². The van der Waals surface area contributed by atoms with E-state index in [9.17, 15) is 14.4 Å². The number of rotatable bonds is 7. The van der Waals surface area contributed by atoms with Crippen LogP contribution in [0.3, 0.4) is 0 Å². The molecule has 2 aromatic carbocycles. The molecule has 1 N–H and O–H groups in total. The average molecular weight is 488 g/mol. The molecule has 0 spiro atoms. The Kier molecular flexibility index (Phi) is 5.82. The van der Waals surface area contributed by atoms with Gasteiger partial charge in [0.15, 0.2) is 17.3 Å². The molecule has 36 heavy (non-hydrogen) atoms. The van der Waals surface area contributed by atoms with Gasteiger partial charge in [-0.15, -0.1) is 0 Å². The van der Waals surface area contributed by atoms with Crippen molar-refractivity contribution in [3.63, 3.8) is 0 Å². The van der Waals surface area contributed by atoms with Gasteiger partial charge in [-0.05, 0) is 56.5 Å². The van der Waals surface area contributed by atoms with Gasteiger partial charge in [-0.1, -0.05) is 42.8 Å². The molecule has 2 aliphatic heterocycles. The molecular weight excluding hydrogens is 458 g/mol. The van der Waals surface area contributed by atoms with Crippen molar-refractivity contribution in [3.05, 3.63) is 82.2 Å². The van der Waals surface area contributed by atoms with E-state index in [0.29, 0.717) is 29.8 Å². The molecule has 3 aromatic rings. The highest BCUT2D eigenvalue weighted by Gasteiger charge is 2.51. The zero-order valence-electron chi connectivity index (χ0n) is 20.9. The Bertz CT molecular complexity index is 1370. The highest BCUT2D eigenvalue weighted by Crippen LogP contribution is 2.34. The maximum absolute atomic E-state index is 13.5. The fourth-order valence-electron chi connectivity index (χ4n) is 5.02. The molecule has 0 bridgehead atoms. The van der Waals surface area contributed by atoms with Crippen LogP contribution in [0.5, 0.6) is 11.5 Å². The van der Waals surface area contributed by atoms with Crippen LogP contribution < -0.4 is 14.8 Å². The molecule has 186 valence electrons. The topological polar surface area (TPSA) is 89.9 Å². The fourth-order valence-corrected chi connectivity index (χ4v) is 5.02. The predicted octanol–water partition coefficient (Wildman–Crippen LogP) is 4.23. The quantitative estimate of drug-likeness (QED) is 0.398. The van der Waals surface area contributed by atoms with Gasteiger partial charge in [-0.3, -0.25) is 14.5 Å². The number of carbonyl (C=O) groups is 3. The average Bonchev–Trinajstić information content (AvgIpc) is 3.51. The molecule has 0 saturated carbocycles. The predicted molar refractivity (Wildman–Crippen MR) is 133 cm³/mol. The number of urea groups is 1. The van der Waals surface area contributed by atoms with Crippen LogP contribution in [-0.4, -0.2) is 40.5 Å². The molecule has 8 heteroatoms. The third-order valence-electron chi connectivity index (χ3n) is 7.20. The fraction of sp³-hybridized carbons (Fsp3) is 0.321. The van der Waals surface area contributed by atoms with Crippen LogP contribution in [0, 0.1) is 20.8 Å². The lowest BCUT2D eigenvalue weighted by atomic mass is 9.86. The van der Waals surface area contributed by atoms with Gasteiger partial charge in [-0.25, -0.2) is 4.79 Å². The second kappa shape index (κ2) is 8.86. The zero-order valence-corrected chi connectivity index (χ0v) is 20.9. The van der Waals surface area contributed by atoms with Crippen molar-refractivity contribution in [2.24, 2.45) is 0 Å². The van der Waals surface area contributed by atoms with E-state index < -0.39 is 17.5 Å². The normalized spacial score (nSPS) is 18.6. The number of imide groups is 1. The molecular formula is C28H29N3O5. The van der Waals surface area contributed by atoms with Crippen LogP contribution in [-0.2, 0) is 16.9 Å². The molecule has 3 heterocycles. The van der Waals surface area contributed by atoms with E-state index in [4.69, 9.17) is 9.47 Å². The Hall–Kier alpha value is -4.07. The zero-order chi connectivity index (χ0) is 25.6. The SMILES string of the molecule is CC[C@]1(c2ccc(C)cc2)NC(=O)N(CC(=O)c2cc(C)n(Cc3ccc4c(c3)OCO4)c2C)C1=O. The molecule has 2 aliphatic rings. The Labute approximate surface area is 209 Å². The lowest BCUT2D eigenvalue weighted by Crippen LogP contribution is -2.43. The van der Waals surface area contributed by atoms with Crippen molar-refractivity contribution in [3.8, 4) is 11.5 Å². The first-order chi connectivity index (χ1) is 17.2. The highest BCUT2D eigenvalue weighted by molar-refractivity contribution is 6.11. The summed E-state index contributed by atoms with van der Waals surface area (Å²) >= 11 is 0. The summed E-state index contributed by atoms with van der Waals surface area (Å²) < 4.78 is 12.9. The van der Waals surface area contributed by atoms with Gasteiger partial charge in [0.25, 0.3) is 5.91 Å². The smallest absolute Gasteiger partial charge is 0.325 e.